The number of carbonyl (C=O) groups is 1. The molecule has 1 saturated carbocycles. The molecule has 1 aliphatic heterocycles. The van der Waals surface area contributed by atoms with Crippen molar-refractivity contribution in [3.8, 4) is 5.75 Å². The lowest BCUT2D eigenvalue weighted by molar-refractivity contribution is -0.123. The fraction of sp³-hybridized carbons (Fsp3) is 0.588. The Morgan fingerprint density at radius 1 is 1.33 bits per heavy atom. The van der Waals surface area contributed by atoms with Gasteiger partial charge in [0.1, 0.15) is 5.75 Å². The first-order valence-corrected chi connectivity index (χ1v) is 7.85. The van der Waals surface area contributed by atoms with E-state index in [-0.39, 0.29) is 11.8 Å². The molecule has 1 aliphatic carbocycles. The van der Waals surface area contributed by atoms with Gasteiger partial charge in [0.25, 0.3) is 0 Å². The molecule has 0 bridgehead atoms. The topological polar surface area (TPSA) is 50.4 Å². The van der Waals surface area contributed by atoms with Crippen LogP contribution in [0.2, 0.25) is 0 Å². The van der Waals surface area contributed by atoms with Crippen LogP contribution >= 0.6 is 0 Å². The zero-order valence-electron chi connectivity index (χ0n) is 12.7. The maximum Gasteiger partial charge on any atom is 0.223 e. The van der Waals surface area contributed by atoms with Crippen molar-refractivity contribution in [2.24, 2.45) is 11.3 Å². The summed E-state index contributed by atoms with van der Waals surface area (Å²) >= 11 is 0. The predicted molar refractivity (Wildman–Crippen MR) is 82.4 cm³/mol. The highest BCUT2D eigenvalue weighted by atomic mass is 16.5. The van der Waals surface area contributed by atoms with Gasteiger partial charge in [-0.1, -0.05) is 12.1 Å². The Hall–Kier alpha value is -1.55. The number of hydrogen-bond acceptors (Lipinski definition) is 3. The third-order valence-corrected chi connectivity index (χ3v) is 4.98. The molecule has 21 heavy (non-hydrogen) atoms. The van der Waals surface area contributed by atoms with Gasteiger partial charge in [-0.25, -0.2) is 0 Å². The average molecular weight is 288 g/mol. The Balaban J connectivity index is 1.42. The molecule has 2 aliphatic rings. The van der Waals surface area contributed by atoms with Crippen LogP contribution in [0, 0.1) is 11.3 Å². The Kier molecular flexibility index (Phi) is 4.15. The minimum atomic E-state index is 0.255. The molecule has 3 rings (SSSR count). The largest absolute Gasteiger partial charge is 0.497 e. The molecule has 1 aromatic carbocycles. The molecule has 1 heterocycles. The van der Waals surface area contributed by atoms with Crippen molar-refractivity contribution in [3.63, 3.8) is 0 Å². The molecule has 1 aromatic rings. The molecule has 0 radical (unpaired) electrons. The normalized spacial score (nSPS) is 22.8. The minimum absolute atomic E-state index is 0.255. The summed E-state index contributed by atoms with van der Waals surface area (Å²) in [5.74, 6) is 1.38. The zero-order valence-corrected chi connectivity index (χ0v) is 12.7. The maximum atomic E-state index is 12.2. The molecule has 4 nitrogen and oxygen atoms in total. The van der Waals surface area contributed by atoms with E-state index in [1.807, 2.05) is 12.1 Å². The second-order valence-electron chi connectivity index (χ2n) is 6.26. The standard InChI is InChI=1S/C17H24N2O2/c1-21-14-4-2-13(3-5-14)6-9-19-16(20)15-12-17(15)7-10-18-11-8-17/h2-5,15,18H,6-12H2,1H3,(H,19,20). The molecule has 2 N–H and O–H groups in total. The monoisotopic (exact) mass is 288 g/mol. The van der Waals surface area contributed by atoms with E-state index in [2.05, 4.69) is 22.8 Å². The second-order valence-corrected chi connectivity index (χ2v) is 6.26. The van der Waals surface area contributed by atoms with Crippen molar-refractivity contribution in [1.29, 1.82) is 0 Å². The lowest BCUT2D eigenvalue weighted by Crippen LogP contribution is -2.34. The van der Waals surface area contributed by atoms with Crippen molar-refractivity contribution < 1.29 is 9.53 Å². The van der Waals surface area contributed by atoms with Gasteiger partial charge < -0.3 is 15.4 Å². The Morgan fingerprint density at radius 3 is 2.71 bits per heavy atom. The van der Waals surface area contributed by atoms with Crippen LogP contribution < -0.4 is 15.4 Å². The zero-order chi connectivity index (χ0) is 14.7. The molecule has 1 spiro atoms. The summed E-state index contributed by atoms with van der Waals surface area (Å²) in [7, 11) is 1.67. The van der Waals surface area contributed by atoms with Crippen LogP contribution in [0.25, 0.3) is 0 Å². The van der Waals surface area contributed by atoms with Gasteiger partial charge in [0, 0.05) is 12.5 Å². The van der Waals surface area contributed by atoms with Gasteiger partial charge in [-0.05, 0) is 61.9 Å². The van der Waals surface area contributed by atoms with Gasteiger partial charge in [0.05, 0.1) is 7.11 Å². The summed E-state index contributed by atoms with van der Waals surface area (Å²) in [6, 6.07) is 8.02. The molecule has 0 aromatic heterocycles. The summed E-state index contributed by atoms with van der Waals surface area (Å²) < 4.78 is 5.14. The molecule has 114 valence electrons. The Labute approximate surface area is 126 Å². The quantitative estimate of drug-likeness (QED) is 0.868. The van der Waals surface area contributed by atoms with Crippen molar-refractivity contribution in [2.75, 3.05) is 26.7 Å². The molecule has 2 fully saturated rings. The summed E-state index contributed by atoms with van der Waals surface area (Å²) in [6.07, 6.45) is 4.27. The van der Waals surface area contributed by atoms with Gasteiger partial charge in [-0.3, -0.25) is 4.79 Å². The molecule has 1 saturated heterocycles. The van der Waals surface area contributed by atoms with Crippen LogP contribution in [0.15, 0.2) is 24.3 Å². The van der Waals surface area contributed by atoms with Crippen molar-refractivity contribution in [3.05, 3.63) is 29.8 Å². The van der Waals surface area contributed by atoms with E-state index < -0.39 is 0 Å². The van der Waals surface area contributed by atoms with Crippen LogP contribution in [0.1, 0.15) is 24.8 Å². The summed E-state index contributed by atoms with van der Waals surface area (Å²) in [4.78, 5) is 12.2. The van der Waals surface area contributed by atoms with E-state index in [9.17, 15) is 4.79 Å². The van der Waals surface area contributed by atoms with Gasteiger partial charge in [-0.2, -0.15) is 0 Å². The smallest absolute Gasteiger partial charge is 0.223 e. The van der Waals surface area contributed by atoms with Crippen molar-refractivity contribution in [2.45, 2.75) is 25.7 Å². The number of piperidine rings is 1. The molecular formula is C17H24N2O2. The maximum absolute atomic E-state index is 12.2. The van der Waals surface area contributed by atoms with E-state index in [1.54, 1.807) is 7.11 Å². The number of nitrogens with one attached hydrogen (secondary N) is 2. The first-order chi connectivity index (χ1) is 10.2. The van der Waals surface area contributed by atoms with Crippen LogP contribution in [0.3, 0.4) is 0 Å². The Bertz CT molecular complexity index is 492. The third kappa shape index (κ3) is 3.21. The fourth-order valence-electron chi connectivity index (χ4n) is 3.44. The highest BCUT2D eigenvalue weighted by molar-refractivity contribution is 5.82. The number of rotatable bonds is 5. The van der Waals surface area contributed by atoms with Crippen molar-refractivity contribution in [1.82, 2.24) is 10.6 Å². The number of methoxy groups -OCH3 is 1. The number of ether oxygens (including phenoxy) is 1. The van der Waals surface area contributed by atoms with Gasteiger partial charge in [0.15, 0.2) is 0 Å². The highest BCUT2D eigenvalue weighted by Gasteiger charge is 2.57. The molecule has 1 atom stereocenters. The van der Waals surface area contributed by atoms with Gasteiger partial charge in [0.2, 0.25) is 5.91 Å². The fourth-order valence-corrected chi connectivity index (χ4v) is 3.44. The number of carbonyl (C=O) groups excluding carboxylic acids is 1. The molecule has 1 amide bonds. The number of benzene rings is 1. The summed E-state index contributed by atoms with van der Waals surface area (Å²) in [5, 5.41) is 6.47. The lowest BCUT2D eigenvalue weighted by Gasteiger charge is -2.23. The predicted octanol–water partition coefficient (Wildman–Crippen LogP) is 1.74. The van der Waals surface area contributed by atoms with Crippen molar-refractivity contribution >= 4 is 5.91 Å². The molecule has 4 heteroatoms. The summed E-state index contributed by atoms with van der Waals surface area (Å²) in [6.45, 7) is 2.85. The molecule has 1 unspecified atom stereocenters. The van der Waals surface area contributed by atoms with Crippen LogP contribution in [-0.2, 0) is 11.2 Å². The second kappa shape index (κ2) is 6.06. The summed E-state index contributed by atoms with van der Waals surface area (Å²) in [5.41, 5.74) is 1.55. The highest BCUT2D eigenvalue weighted by Crippen LogP contribution is 2.58. The van der Waals surface area contributed by atoms with Crippen LogP contribution in [0.4, 0.5) is 0 Å². The van der Waals surface area contributed by atoms with Crippen LogP contribution in [-0.4, -0.2) is 32.7 Å². The first-order valence-electron chi connectivity index (χ1n) is 7.85. The number of hydrogen-bond donors (Lipinski definition) is 2. The lowest BCUT2D eigenvalue weighted by atomic mass is 9.92. The van der Waals surface area contributed by atoms with E-state index in [4.69, 9.17) is 4.74 Å². The minimum Gasteiger partial charge on any atom is -0.497 e. The SMILES string of the molecule is COc1ccc(CCNC(=O)C2CC23CCNCC3)cc1. The van der Waals surface area contributed by atoms with E-state index in [1.165, 1.54) is 5.56 Å². The van der Waals surface area contributed by atoms with Gasteiger partial charge in [-0.15, -0.1) is 0 Å². The number of amides is 1. The van der Waals surface area contributed by atoms with Crippen LogP contribution in [0.5, 0.6) is 5.75 Å². The van der Waals surface area contributed by atoms with E-state index in [0.29, 0.717) is 5.41 Å². The van der Waals surface area contributed by atoms with E-state index in [0.717, 1.165) is 51.1 Å². The van der Waals surface area contributed by atoms with E-state index >= 15 is 0 Å². The molecular weight excluding hydrogens is 264 g/mol. The Morgan fingerprint density at radius 2 is 2.05 bits per heavy atom. The average Bonchev–Trinajstić information content (AvgIpc) is 3.22. The third-order valence-electron chi connectivity index (χ3n) is 4.98. The van der Waals surface area contributed by atoms with Gasteiger partial charge >= 0.3 is 0 Å². The first kappa shape index (κ1) is 14.4.